The summed E-state index contributed by atoms with van der Waals surface area (Å²) in [6.07, 6.45) is 0. The minimum atomic E-state index is -0.403. The van der Waals surface area contributed by atoms with Gasteiger partial charge in [-0.1, -0.05) is 20.4 Å². The van der Waals surface area contributed by atoms with E-state index in [1.807, 2.05) is 13.8 Å². The van der Waals surface area contributed by atoms with Crippen LogP contribution in [-0.2, 0) is 4.79 Å². The van der Waals surface area contributed by atoms with E-state index >= 15 is 0 Å². The number of carbonyl (C=O) groups excluding carboxylic acids is 1. The highest BCUT2D eigenvalue weighted by atomic mass is 16.1. The van der Waals surface area contributed by atoms with Crippen LogP contribution < -0.4 is 5.73 Å². The van der Waals surface area contributed by atoms with Gasteiger partial charge in [0, 0.05) is 5.57 Å². The molecule has 46 valence electrons. The van der Waals surface area contributed by atoms with Crippen molar-refractivity contribution < 1.29 is 6.22 Å². The van der Waals surface area contributed by atoms with E-state index in [0.29, 0.717) is 5.57 Å². The van der Waals surface area contributed by atoms with Gasteiger partial charge in [-0.15, -0.1) is 0 Å². The van der Waals surface area contributed by atoms with Crippen LogP contribution in [0.25, 0.3) is 0 Å². The molecule has 0 aromatic heterocycles. The fourth-order valence-corrected chi connectivity index (χ4v) is 0.285. The number of hydrogen-bond acceptors (Lipinski definition) is 1. The summed E-state index contributed by atoms with van der Waals surface area (Å²) in [6, 6.07) is 0. The Bertz CT molecular complexity index is 120. The maximum absolute atomic E-state index is 10.3. The maximum atomic E-state index is 10.3. The molecule has 0 bridgehead atoms. The van der Waals surface area contributed by atoms with E-state index in [0.717, 1.165) is 0 Å². The minimum Gasteiger partial charge on any atom is -0.366 e. The summed E-state index contributed by atoms with van der Waals surface area (Å²) in [6.45, 7) is 7.24. The van der Waals surface area contributed by atoms with E-state index in [1.165, 1.54) is 0 Å². The zero-order chi connectivity index (χ0) is 6.73. The zero-order valence-electron chi connectivity index (χ0n) is 6.27. The van der Waals surface area contributed by atoms with Crippen LogP contribution >= 0.6 is 0 Å². The van der Waals surface area contributed by atoms with Crippen molar-refractivity contribution in [2.45, 2.75) is 13.8 Å². The summed E-state index contributed by atoms with van der Waals surface area (Å²) in [4.78, 5) is 10.3. The van der Waals surface area contributed by atoms with Crippen LogP contribution in [0.1, 0.15) is 15.3 Å². The first-order chi connectivity index (χ1) is 3.55. The summed E-state index contributed by atoms with van der Waals surface area (Å²) < 4.78 is 0. The first-order valence-corrected chi connectivity index (χ1v) is 2.54. The van der Waals surface area contributed by atoms with Gasteiger partial charge in [0.15, 0.2) is 0 Å². The highest BCUT2D eigenvalue weighted by Gasteiger charge is 2.03. The molecule has 0 unspecified atom stereocenters. The monoisotopic (exact) mass is 114 g/mol. The van der Waals surface area contributed by atoms with Crippen LogP contribution in [0.15, 0.2) is 12.2 Å². The highest BCUT2D eigenvalue weighted by Crippen LogP contribution is 2.03. The Morgan fingerprint density at radius 1 is 1.75 bits per heavy atom. The van der Waals surface area contributed by atoms with Gasteiger partial charge in [0.25, 0.3) is 0 Å². The number of hydrogen-bond donors (Lipinski definition) is 1. The van der Waals surface area contributed by atoms with Gasteiger partial charge >= 0.3 is 1.43 Å². The fourth-order valence-electron chi connectivity index (χ4n) is 0.285. The smallest absolute Gasteiger partial charge is 0.366 e. The van der Waals surface area contributed by atoms with Gasteiger partial charge in [-0.2, -0.15) is 0 Å². The predicted octanol–water partition coefficient (Wildman–Crippen LogP) is 0.796. The fraction of sp³-hybridized carbons (Fsp3) is 0.500. The van der Waals surface area contributed by atoms with Crippen LogP contribution in [0.5, 0.6) is 0 Å². The molecule has 2 heteroatoms. The van der Waals surface area contributed by atoms with Crippen LogP contribution in [-0.4, -0.2) is 5.91 Å². The average Bonchev–Trinajstić information content (AvgIpc) is 1.64. The highest BCUT2D eigenvalue weighted by molar-refractivity contribution is 5.91. The van der Waals surface area contributed by atoms with Crippen LogP contribution in [0.4, 0.5) is 0 Å². The van der Waals surface area contributed by atoms with Gasteiger partial charge in [-0.05, 0) is 5.92 Å². The Hall–Kier alpha value is -0.790. The van der Waals surface area contributed by atoms with E-state index in [2.05, 4.69) is 6.58 Å². The molecule has 0 aromatic carbocycles. The molecule has 0 saturated carbocycles. The van der Waals surface area contributed by atoms with Crippen molar-refractivity contribution in [2.75, 3.05) is 0 Å². The lowest BCUT2D eigenvalue weighted by atomic mass is 10.1. The van der Waals surface area contributed by atoms with Gasteiger partial charge in [0.05, 0.1) is 0 Å². The third-order valence-electron chi connectivity index (χ3n) is 1.01. The Balaban J connectivity index is 0. The van der Waals surface area contributed by atoms with Crippen LogP contribution in [0.3, 0.4) is 0 Å². The van der Waals surface area contributed by atoms with Crippen molar-refractivity contribution in [1.82, 2.24) is 0 Å². The second kappa shape index (κ2) is 2.50. The lowest BCUT2D eigenvalue weighted by Crippen LogP contribution is -2.16. The van der Waals surface area contributed by atoms with Crippen LogP contribution in [0.2, 0.25) is 0 Å². The quantitative estimate of drug-likeness (QED) is 0.530. The van der Waals surface area contributed by atoms with Gasteiger partial charge in [0.2, 0.25) is 5.91 Å². The van der Waals surface area contributed by atoms with Crippen molar-refractivity contribution >= 4 is 5.91 Å². The normalized spacial score (nSPS) is 9.38. The lowest BCUT2D eigenvalue weighted by Gasteiger charge is -2.01. The third kappa shape index (κ3) is 1.78. The second-order valence-electron chi connectivity index (χ2n) is 2.04. The zero-order valence-corrected chi connectivity index (χ0v) is 5.27. The number of amides is 1. The van der Waals surface area contributed by atoms with Crippen molar-refractivity contribution in [1.29, 1.82) is 0 Å². The van der Waals surface area contributed by atoms with E-state index in [1.54, 1.807) is 0 Å². The molecule has 0 aliphatic rings. The SMILES string of the molecule is C=C(C(N)=O)C(C)C.[H+]. The van der Waals surface area contributed by atoms with Crippen molar-refractivity contribution in [3.8, 4) is 0 Å². The van der Waals surface area contributed by atoms with E-state index in [4.69, 9.17) is 5.73 Å². The van der Waals surface area contributed by atoms with Crippen molar-refractivity contribution in [3.05, 3.63) is 12.2 Å². The van der Waals surface area contributed by atoms with E-state index in [9.17, 15) is 4.79 Å². The molecular formula is C6H12NO+. The molecule has 0 heterocycles. The number of rotatable bonds is 2. The van der Waals surface area contributed by atoms with Gasteiger partial charge in [0.1, 0.15) is 0 Å². The molecule has 2 N–H and O–H groups in total. The molecule has 0 saturated heterocycles. The van der Waals surface area contributed by atoms with E-state index < -0.39 is 5.91 Å². The Labute approximate surface area is 50.9 Å². The lowest BCUT2D eigenvalue weighted by molar-refractivity contribution is -0.114. The molecule has 0 fully saturated rings. The predicted molar refractivity (Wildman–Crippen MR) is 34.3 cm³/mol. The molecular weight excluding hydrogens is 102 g/mol. The van der Waals surface area contributed by atoms with Gasteiger partial charge in [-0.3, -0.25) is 4.79 Å². The first-order valence-electron chi connectivity index (χ1n) is 2.54. The molecule has 0 atom stereocenters. The number of primary amides is 1. The summed E-state index contributed by atoms with van der Waals surface area (Å²) in [5.41, 5.74) is 5.39. The second-order valence-corrected chi connectivity index (χ2v) is 2.04. The molecule has 1 amide bonds. The minimum absolute atomic E-state index is 0. The summed E-state index contributed by atoms with van der Waals surface area (Å²) in [5.74, 6) is -0.229. The molecule has 0 aromatic rings. The molecule has 2 nitrogen and oxygen atoms in total. The Morgan fingerprint density at radius 2 is 2.12 bits per heavy atom. The molecule has 8 heavy (non-hydrogen) atoms. The number of nitrogens with two attached hydrogens (primary N) is 1. The molecule has 0 rings (SSSR count). The van der Waals surface area contributed by atoms with Crippen molar-refractivity contribution in [2.24, 2.45) is 11.7 Å². The largest absolute Gasteiger partial charge is 1.00 e. The Morgan fingerprint density at radius 3 is 2.12 bits per heavy atom. The first kappa shape index (κ1) is 7.21. The summed E-state index contributed by atoms with van der Waals surface area (Å²) in [7, 11) is 0. The third-order valence-corrected chi connectivity index (χ3v) is 1.01. The standard InChI is InChI=1S/C6H11NO/c1-4(2)5(3)6(7)8/h4H,3H2,1-2H3,(H2,7,8)/p+1. The van der Waals surface area contributed by atoms with Crippen molar-refractivity contribution in [3.63, 3.8) is 0 Å². The average molecular weight is 114 g/mol. The summed E-state index contributed by atoms with van der Waals surface area (Å²) in [5, 5.41) is 0. The molecule has 0 spiro atoms. The topological polar surface area (TPSA) is 43.1 Å². The maximum Gasteiger partial charge on any atom is 1.00 e. The van der Waals surface area contributed by atoms with Gasteiger partial charge < -0.3 is 5.73 Å². The summed E-state index contributed by atoms with van der Waals surface area (Å²) >= 11 is 0. The molecule has 0 aliphatic carbocycles. The van der Waals surface area contributed by atoms with E-state index in [-0.39, 0.29) is 7.34 Å². The molecule has 0 radical (unpaired) electrons. The molecule has 0 aliphatic heterocycles. The Kier molecular flexibility index (Phi) is 2.25. The van der Waals surface area contributed by atoms with Crippen LogP contribution in [0, 0.1) is 5.92 Å². The van der Waals surface area contributed by atoms with Gasteiger partial charge in [-0.25, -0.2) is 0 Å². The number of carbonyl (C=O) groups is 1.